The van der Waals surface area contributed by atoms with E-state index in [4.69, 9.17) is 19.9 Å². The fourth-order valence-electron chi connectivity index (χ4n) is 4.38. The number of aromatic nitrogens is 1. The molecule has 0 unspecified atom stereocenters. The van der Waals surface area contributed by atoms with E-state index in [1.165, 1.54) is 0 Å². The number of pyridine rings is 1. The molecule has 32 heavy (non-hydrogen) atoms. The second kappa shape index (κ2) is 8.97. The van der Waals surface area contributed by atoms with Crippen molar-refractivity contribution >= 4 is 0 Å². The summed E-state index contributed by atoms with van der Waals surface area (Å²) in [4.78, 5) is 16.0. The molecule has 1 aromatic carbocycles. The first kappa shape index (κ1) is 21.8. The van der Waals surface area contributed by atoms with Crippen molar-refractivity contribution in [2.45, 2.75) is 39.7 Å². The number of nitriles is 1. The average molecular weight is 437 g/mol. The summed E-state index contributed by atoms with van der Waals surface area (Å²) in [5.41, 5.74) is 8.09. The van der Waals surface area contributed by atoms with E-state index < -0.39 is 5.92 Å². The second-order valence-electron chi connectivity index (χ2n) is 7.94. The number of nitrogens with zero attached hydrogens (tertiary/aromatic N) is 3. The Morgan fingerprint density at radius 2 is 1.94 bits per heavy atom. The highest BCUT2D eigenvalue weighted by Gasteiger charge is 2.35. The van der Waals surface area contributed by atoms with Crippen LogP contribution in [0.1, 0.15) is 43.0 Å². The summed E-state index contributed by atoms with van der Waals surface area (Å²) >= 11 is 0. The molecule has 0 spiro atoms. The molecule has 0 bridgehead atoms. The second-order valence-corrected chi connectivity index (χ2v) is 7.94. The smallest absolute Gasteiger partial charge is 0.258 e. The molecule has 0 aliphatic carbocycles. The summed E-state index contributed by atoms with van der Waals surface area (Å²) in [5.74, 6) is 0.986. The Hall–Kier alpha value is -3.44. The number of rotatable bonds is 7. The van der Waals surface area contributed by atoms with Crippen LogP contribution in [0.15, 0.2) is 40.5 Å². The number of ether oxygens (including phenoxy) is 3. The summed E-state index contributed by atoms with van der Waals surface area (Å²) in [6.45, 7) is 9.75. The van der Waals surface area contributed by atoms with Crippen LogP contribution in [-0.4, -0.2) is 35.9 Å². The van der Waals surface area contributed by atoms with Crippen molar-refractivity contribution in [2.24, 2.45) is 5.73 Å². The monoisotopic (exact) mass is 436 g/mol. The largest absolute Gasteiger partial charge is 0.454 e. The number of hydrogen-bond donors (Lipinski definition) is 1. The number of fused-ring (bicyclic) bond motifs is 2. The Balaban J connectivity index is 1.77. The Morgan fingerprint density at radius 3 is 2.66 bits per heavy atom. The van der Waals surface area contributed by atoms with Gasteiger partial charge in [0.15, 0.2) is 11.5 Å². The van der Waals surface area contributed by atoms with Crippen LogP contribution in [0.2, 0.25) is 0 Å². The van der Waals surface area contributed by atoms with Gasteiger partial charge in [-0.25, -0.2) is 0 Å². The van der Waals surface area contributed by atoms with E-state index in [-0.39, 0.29) is 23.8 Å². The van der Waals surface area contributed by atoms with Gasteiger partial charge in [0.1, 0.15) is 17.4 Å². The van der Waals surface area contributed by atoms with E-state index in [9.17, 15) is 10.1 Å². The van der Waals surface area contributed by atoms with Gasteiger partial charge in [-0.15, -0.1) is 0 Å². The summed E-state index contributed by atoms with van der Waals surface area (Å²) in [7, 11) is 0. The minimum atomic E-state index is -0.639. The Labute approximate surface area is 187 Å². The van der Waals surface area contributed by atoms with Crippen LogP contribution in [0.3, 0.4) is 0 Å². The van der Waals surface area contributed by atoms with Crippen LogP contribution in [0, 0.1) is 18.3 Å². The lowest BCUT2D eigenvalue weighted by Crippen LogP contribution is -2.33. The lowest BCUT2D eigenvalue weighted by atomic mass is 9.84. The van der Waals surface area contributed by atoms with Crippen LogP contribution in [0.5, 0.6) is 17.2 Å². The van der Waals surface area contributed by atoms with Gasteiger partial charge in [0.25, 0.3) is 5.56 Å². The normalized spacial score (nSPS) is 16.7. The maximum absolute atomic E-state index is 13.7. The molecule has 0 fully saturated rings. The molecular formula is C24H28N4O4. The molecule has 3 heterocycles. The molecule has 8 heteroatoms. The predicted octanol–water partition coefficient (Wildman–Crippen LogP) is 2.84. The van der Waals surface area contributed by atoms with Crippen LogP contribution in [0.4, 0.5) is 0 Å². The number of allylic oxidation sites excluding steroid dienone is 1. The van der Waals surface area contributed by atoms with Crippen molar-refractivity contribution in [3.05, 3.63) is 62.9 Å². The van der Waals surface area contributed by atoms with E-state index in [1.807, 2.05) is 19.1 Å². The van der Waals surface area contributed by atoms with Gasteiger partial charge in [-0.2, -0.15) is 5.26 Å². The molecule has 2 aromatic rings. The number of aryl methyl sites for hydroxylation is 1. The average Bonchev–Trinajstić information content (AvgIpc) is 3.25. The number of nitrogens with two attached hydrogens (primary N) is 1. The molecule has 0 saturated carbocycles. The molecule has 0 saturated heterocycles. The van der Waals surface area contributed by atoms with Gasteiger partial charge < -0.3 is 29.4 Å². The summed E-state index contributed by atoms with van der Waals surface area (Å²) in [6.07, 6.45) is 0.847. The molecule has 2 aliphatic rings. The highest BCUT2D eigenvalue weighted by Crippen LogP contribution is 2.43. The maximum Gasteiger partial charge on any atom is 0.258 e. The number of hydrogen-bond acceptors (Lipinski definition) is 7. The molecule has 1 atom stereocenters. The zero-order chi connectivity index (χ0) is 22.8. The minimum absolute atomic E-state index is 0.0146. The van der Waals surface area contributed by atoms with Gasteiger partial charge in [-0.1, -0.05) is 19.9 Å². The molecule has 1 aromatic heterocycles. The number of benzene rings is 1. The molecule has 8 nitrogen and oxygen atoms in total. The van der Waals surface area contributed by atoms with Gasteiger partial charge >= 0.3 is 0 Å². The first-order valence-electron chi connectivity index (χ1n) is 10.9. The third-order valence-corrected chi connectivity index (χ3v) is 6.17. The third kappa shape index (κ3) is 3.80. The van der Waals surface area contributed by atoms with Crippen molar-refractivity contribution < 1.29 is 14.2 Å². The first-order valence-corrected chi connectivity index (χ1v) is 10.9. The van der Waals surface area contributed by atoms with E-state index in [0.29, 0.717) is 29.4 Å². The minimum Gasteiger partial charge on any atom is -0.454 e. The molecule has 0 amide bonds. The van der Waals surface area contributed by atoms with Crippen LogP contribution >= 0.6 is 0 Å². The fraction of sp³-hybridized carbons (Fsp3) is 0.417. The summed E-state index contributed by atoms with van der Waals surface area (Å²) in [6, 6.07) is 9.40. The van der Waals surface area contributed by atoms with Crippen LogP contribution in [-0.2, 0) is 6.54 Å². The van der Waals surface area contributed by atoms with Crippen LogP contribution in [0.25, 0.3) is 0 Å². The summed E-state index contributed by atoms with van der Waals surface area (Å²) < 4.78 is 18.4. The first-order chi connectivity index (χ1) is 15.5. The fourth-order valence-corrected chi connectivity index (χ4v) is 4.38. The molecule has 2 aliphatic heterocycles. The third-order valence-electron chi connectivity index (χ3n) is 6.17. The molecule has 4 rings (SSSR count). The zero-order valence-corrected chi connectivity index (χ0v) is 18.7. The van der Waals surface area contributed by atoms with Crippen molar-refractivity contribution in [2.75, 3.05) is 26.4 Å². The summed E-state index contributed by atoms with van der Waals surface area (Å²) in [5, 5.41) is 9.85. The quantitative estimate of drug-likeness (QED) is 0.712. The SMILES string of the molecule is CCN(CC)CCCn1c(C)cc2c(c1=O)[C@@H](c1ccc3c(c1)OCO3)C(C#N)=C(N)O2. The Bertz CT molecular complexity index is 1160. The van der Waals surface area contributed by atoms with Gasteiger partial charge in [0, 0.05) is 18.3 Å². The highest BCUT2D eigenvalue weighted by atomic mass is 16.7. The lowest BCUT2D eigenvalue weighted by Gasteiger charge is -2.27. The lowest BCUT2D eigenvalue weighted by molar-refractivity contribution is 0.174. The van der Waals surface area contributed by atoms with E-state index in [1.54, 1.807) is 16.7 Å². The molecular weight excluding hydrogens is 408 g/mol. The standard InChI is InChI=1S/C24H28N4O4/c1-4-27(5-2)9-6-10-28-15(3)11-20-22(24(28)29)21(17(13-25)23(26)32-20)16-7-8-18-19(12-16)31-14-30-18/h7-8,11-12,21H,4-6,9-10,14,26H2,1-3H3/t21-/m0/s1. The predicted molar refractivity (Wildman–Crippen MR) is 120 cm³/mol. The topological polar surface area (TPSA) is 103 Å². The maximum atomic E-state index is 13.7. The van der Waals surface area contributed by atoms with E-state index >= 15 is 0 Å². The molecule has 0 radical (unpaired) electrons. The van der Waals surface area contributed by atoms with Crippen molar-refractivity contribution in [1.29, 1.82) is 5.26 Å². The molecule has 2 N–H and O–H groups in total. The molecule has 168 valence electrons. The van der Waals surface area contributed by atoms with Gasteiger partial charge in [0.2, 0.25) is 12.7 Å². The zero-order valence-electron chi connectivity index (χ0n) is 18.7. The van der Waals surface area contributed by atoms with Gasteiger partial charge in [-0.05, 0) is 50.7 Å². The Kier molecular flexibility index (Phi) is 6.10. The Morgan fingerprint density at radius 1 is 1.19 bits per heavy atom. The van der Waals surface area contributed by atoms with Crippen LogP contribution < -0.4 is 25.5 Å². The van der Waals surface area contributed by atoms with Gasteiger partial charge in [0.05, 0.1) is 11.5 Å². The van der Waals surface area contributed by atoms with E-state index in [2.05, 4.69) is 24.8 Å². The van der Waals surface area contributed by atoms with E-state index in [0.717, 1.165) is 37.3 Å². The van der Waals surface area contributed by atoms with Crippen molar-refractivity contribution in [1.82, 2.24) is 9.47 Å². The van der Waals surface area contributed by atoms with Gasteiger partial charge in [-0.3, -0.25) is 4.79 Å². The van der Waals surface area contributed by atoms with Crippen molar-refractivity contribution in [3.63, 3.8) is 0 Å². The highest BCUT2D eigenvalue weighted by molar-refractivity contribution is 5.57. The van der Waals surface area contributed by atoms with Crippen molar-refractivity contribution in [3.8, 4) is 23.3 Å².